The molecule has 0 aliphatic heterocycles. The van der Waals surface area contributed by atoms with Gasteiger partial charge >= 0.3 is 5.97 Å². The molecule has 2 aromatic rings. The van der Waals surface area contributed by atoms with E-state index in [2.05, 4.69) is 4.98 Å². The first-order valence-electron chi connectivity index (χ1n) is 5.29. The number of aromatic nitrogens is 1. The summed E-state index contributed by atoms with van der Waals surface area (Å²) in [6.45, 7) is 0. The number of nitrogen functional groups attached to an aromatic ring is 1. The van der Waals surface area contributed by atoms with Gasteiger partial charge in [0.15, 0.2) is 5.78 Å². The molecule has 0 aliphatic rings. The molecule has 2 rings (SSSR count). The largest absolute Gasteiger partial charge is 0.478 e. The average Bonchev–Trinajstić information content (AvgIpc) is 2.37. The van der Waals surface area contributed by atoms with Gasteiger partial charge in [0.25, 0.3) is 0 Å². The van der Waals surface area contributed by atoms with Gasteiger partial charge in [0, 0.05) is 17.3 Å². The Morgan fingerprint density at radius 1 is 1.16 bits per heavy atom. The predicted molar refractivity (Wildman–Crippen MR) is 70.5 cm³/mol. The molecule has 6 heteroatoms. The number of carboxylic acid groups (broad SMARTS) is 1. The average molecular weight is 277 g/mol. The molecule has 19 heavy (non-hydrogen) atoms. The van der Waals surface area contributed by atoms with Crippen molar-refractivity contribution in [3.63, 3.8) is 0 Å². The van der Waals surface area contributed by atoms with Crippen LogP contribution in [-0.2, 0) is 0 Å². The Morgan fingerprint density at radius 2 is 1.84 bits per heavy atom. The Bertz CT molecular complexity index is 671. The fourth-order valence-corrected chi connectivity index (χ4v) is 1.90. The zero-order chi connectivity index (χ0) is 14.0. The van der Waals surface area contributed by atoms with E-state index in [9.17, 15) is 9.59 Å². The summed E-state index contributed by atoms with van der Waals surface area (Å²) >= 11 is 5.93. The zero-order valence-electron chi connectivity index (χ0n) is 9.63. The van der Waals surface area contributed by atoms with E-state index in [-0.39, 0.29) is 27.5 Å². The highest BCUT2D eigenvalue weighted by molar-refractivity contribution is 6.35. The Morgan fingerprint density at radius 3 is 2.47 bits per heavy atom. The van der Waals surface area contributed by atoms with Crippen LogP contribution in [0.5, 0.6) is 0 Å². The molecule has 0 spiro atoms. The van der Waals surface area contributed by atoms with Crippen molar-refractivity contribution in [1.29, 1.82) is 0 Å². The molecule has 1 aromatic heterocycles. The van der Waals surface area contributed by atoms with Gasteiger partial charge in [-0.05, 0) is 18.2 Å². The van der Waals surface area contributed by atoms with E-state index in [4.69, 9.17) is 22.4 Å². The number of hydrogen-bond donors (Lipinski definition) is 2. The standard InChI is InChI=1S/C13H9ClN2O3/c14-9-4-2-1-3-7(9)11(17)8-5-6-16-12(15)10(8)13(18)19/h1-6H,(H2,15,16)(H,18,19). The van der Waals surface area contributed by atoms with Gasteiger partial charge in [-0.3, -0.25) is 4.79 Å². The summed E-state index contributed by atoms with van der Waals surface area (Å²) in [6.07, 6.45) is 1.28. The second-order valence-electron chi connectivity index (χ2n) is 3.73. The number of aromatic carboxylic acids is 1. The molecule has 0 atom stereocenters. The highest BCUT2D eigenvalue weighted by atomic mass is 35.5. The number of nitrogens with two attached hydrogens (primary N) is 1. The molecular formula is C13H9ClN2O3. The smallest absolute Gasteiger partial charge is 0.340 e. The maximum absolute atomic E-state index is 12.3. The van der Waals surface area contributed by atoms with Gasteiger partial charge in [0.2, 0.25) is 0 Å². The Balaban J connectivity index is 2.60. The highest BCUT2D eigenvalue weighted by Crippen LogP contribution is 2.22. The molecule has 0 saturated carbocycles. The summed E-state index contributed by atoms with van der Waals surface area (Å²) in [5.41, 5.74) is 5.37. The lowest BCUT2D eigenvalue weighted by Crippen LogP contribution is -2.13. The summed E-state index contributed by atoms with van der Waals surface area (Å²) in [6, 6.07) is 7.71. The normalized spacial score (nSPS) is 10.2. The third-order valence-electron chi connectivity index (χ3n) is 2.56. The predicted octanol–water partition coefficient (Wildman–Crippen LogP) is 2.25. The first-order chi connectivity index (χ1) is 9.02. The topological polar surface area (TPSA) is 93.3 Å². The number of carbonyl (C=O) groups excluding carboxylic acids is 1. The molecule has 0 radical (unpaired) electrons. The monoisotopic (exact) mass is 276 g/mol. The van der Waals surface area contributed by atoms with Crippen LogP contribution in [0.4, 0.5) is 5.82 Å². The summed E-state index contributed by atoms with van der Waals surface area (Å²) in [5.74, 6) is -2.01. The molecule has 3 N–H and O–H groups in total. The highest BCUT2D eigenvalue weighted by Gasteiger charge is 2.22. The minimum Gasteiger partial charge on any atom is -0.478 e. The molecule has 0 fully saturated rings. The molecule has 96 valence electrons. The van der Waals surface area contributed by atoms with E-state index in [1.54, 1.807) is 18.2 Å². The van der Waals surface area contributed by atoms with E-state index in [1.807, 2.05) is 0 Å². The van der Waals surface area contributed by atoms with Crippen LogP contribution in [0.15, 0.2) is 36.5 Å². The van der Waals surface area contributed by atoms with Crippen molar-refractivity contribution in [1.82, 2.24) is 4.98 Å². The first-order valence-corrected chi connectivity index (χ1v) is 5.67. The summed E-state index contributed by atoms with van der Waals surface area (Å²) in [5, 5.41) is 9.36. The summed E-state index contributed by atoms with van der Waals surface area (Å²) < 4.78 is 0. The van der Waals surface area contributed by atoms with Crippen LogP contribution < -0.4 is 5.73 Å². The molecule has 5 nitrogen and oxygen atoms in total. The summed E-state index contributed by atoms with van der Waals surface area (Å²) in [7, 11) is 0. The lowest BCUT2D eigenvalue weighted by molar-refractivity contribution is 0.0693. The lowest BCUT2D eigenvalue weighted by atomic mass is 9.99. The number of carbonyl (C=O) groups is 2. The Kier molecular flexibility index (Phi) is 3.48. The van der Waals surface area contributed by atoms with Crippen LogP contribution >= 0.6 is 11.6 Å². The number of halogens is 1. The van der Waals surface area contributed by atoms with Gasteiger partial charge in [-0.1, -0.05) is 23.7 Å². The molecule has 1 heterocycles. The zero-order valence-corrected chi connectivity index (χ0v) is 10.4. The van der Waals surface area contributed by atoms with Crippen LogP contribution in [-0.4, -0.2) is 21.8 Å². The van der Waals surface area contributed by atoms with Crippen LogP contribution in [0.3, 0.4) is 0 Å². The number of carboxylic acids is 1. The Hall–Kier alpha value is -2.40. The van der Waals surface area contributed by atoms with Crippen molar-refractivity contribution in [2.24, 2.45) is 0 Å². The number of benzene rings is 1. The quantitative estimate of drug-likeness (QED) is 0.839. The second-order valence-corrected chi connectivity index (χ2v) is 4.14. The van der Waals surface area contributed by atoms with E-state index >= 15 is 0 Å². The van der Waals surface area contributed by atoms with Crippen LogP contribution in [0.2, 0.25) is 5.02 Å². The minimum atomic E-state index is -1.30. The first kappa shape index (κ1) is 13.0. The molecule has 0 aliphatic carbocycles. The minimum absolute atomic E-state index is 0.0342. The fourth-order valence-electron chi connectivity index (χ4n) is 1.68. The van der Waals surface area contributed by atoms with Crippen molar-refractivity contribution in [3.8, 4) is 0 Å². The molecule has 0 saturated heterocycles. The van der Waals surface area contributed by atoms with Gasteiger partial charge in [0.1, 0.15) is 11.4 Å². The molecule has 0 amide bonds. The summed E-state index contributed by atoms with van der Waals surface area (Å²) in [4.78, 5) is 27.1. The second kappa shape index (κ2) is 5.07. The van der Waals surface area contributed by atoms with E-state index in [0.717, 1.165) is 0 Å². The van der Waals surface area contributed by atoms with Crippen molar-refractivity contribution in [2.45, 2.75) is 0 Å². The van der Waals surface area contributed by atoms with Gasteiger partial charge in [-0.2, -0.15) is 0 Å². The fraction of sp³-hybridized carbons (Fsp3) is 0. The van der Waals surface area contributed by atoms with E-state index in [1.165, 1.54) is 18.3 Å². The number of hydrogen-bond acceptors (Lipinski definition) is 4. The van der Waals surface area contributed by atoms with Crippen molar-refractivity contribution in [2.75, 3.05) is 5.73 Å². The van der Waals surface area contributed by atoms with Crippen molar-refractivity contribution < 1.29 is 14.7 Å². The molecule has 1 aromatic carbocycles. The number of ketones is 1. The third kappa shape index (κ3) is 2.41. The SMILES string of the molecule is Nc1nccc(C(=O)c2ccccc2Cl)c1C(=O)O. The van der Waals surface area contributed by atoms with Crippen molar-refractivity contribution in [3.05, 3.63) is 58.2 Å². The Labute approximate surface area is 113 Å². The van der Waals surface area contributed by atoms with Crippen molar-refractivity contribution >= 4 is 29.2 Å². The van der Waals surface area contributed by atoms with Crippen LogP contribution in [0, 0.1) is 0 Å². The third-order valence-corrected chi connectivity index (χ3v) is 2.89. The van der Waals surface area contributed by atoms with Gasteiger partial charge in [-0.25, -0.2) is 9.78 Å². The van der Waals surface area contributed by atoms with Gasteiger partial charge in [-0.15, -0.1) is 0 Å². The van der Waals surface area contributed by atoms with E-state index < -0.39 is 11.8 Å². The van der Waals surface area contributed by atoms with Gasteiger partial charge < -0.3 is 10.8 Å². The van der Waals surface area contributed by atoms with Crippen LogP contribution in [0.1, 0.15) is 26.3 Å². The molecule has 0 unspecified atom stereocenters. The maximum Gasteiger partial charge on any atom is 0.340 e. The van der Waals surface area contributed by atoms with Crippen LogP contribution in [0.25, 0.3) is 0 Å². The van der Waals surface area contributed by atoms with Gasteiger partial charge in [0.05, 0.1) is 5.02 Å². The number of rotatable bonds is 3. The molecule has 0 bridgehead atoms. The number of nitrogens with zero attached hydrogens (tertiary/aromatic N) is 1. The molecular weight excluding hydrogens is 268 g/mol. The maximum atomic E-state index is 12.3. The van der Waals surface area contributed by atoms with E-state index in [0.29, 0.717) is 0 Å². The lowest BCUT2D eigenvalue weighted by Gasteiger charge is -2.08. The number of anilines is 1. The number of pyridine rings is 1.